The van der Waals surface area contributed by atoms with Gasteiger partial charge in [-0.15, -0.1) is 9.24 Å². The average molecular weight is 265 g/mol. The van der Waals surface area contributed by atoms with Crippen LogP contribution in [0.15, 0.2) is 17.1 Å². The van der Waals surface area contributed by atoms with E-state index in [4.69, 9.17) is 0 Å². The summed E-state index contributed by atoms with van der Waals surface area (Å²) >= 11 is 3.11. The van der Waals surface area contributed by atoms with Gasteiger partial charge in [0, 0.05) is 12.4 Å². The van der Waals surface area contributed by atoms with Gasteiger partial charge in [0.2, 0.25) is 0 Å². The summed E-state index contributed by atoms with van der Waals surface area (Å²) in [5.41, 5.74) is 0. The molecule has 1 heterocycles. The maximum absolute atomic E-state index is 3.78. The van der Waals surface area contributed by atoms with E-state index in [1.54, 1.807) is 12.4 Å². The number of unbranched alkanes of at least 4 members (excludes halogenated alkanes) is 3. The second-order valence-electron chi connectivity index (χ2n) is 2.73. The van der Waals surface area contributed by atoms with E-state index in [1.807, 2.05) is 0 Å². The van der Waals surface area contributed by atoms with Gasteiger partial charge in [0.25, 0.3) is 0 Å². The smallest absolute Gasteiger partial charge is 0.174 e. The van der Waals surface area contributed by atoms with E-state index < -0.39 is 0 Å². The zero-order chi connectivity index (χ0) is 9.94. The normalized spacial score (nSPS) is 9.15. The topological polar surface area (TPSA) is 28.7 Å². The van der Waals surface area contributed by atoms with Crippen molar-refractivity contribution in [3.05, 3.63) is 17.1 Å². The quantitative estimate of drug-likeness (QED) is 0.653. The lowest BCUT2D eigenvalue weighted by Crippen LogP contribution is -1.73. The van der Waals surface area contributed by atoms with Crippen molar-refractivity contribution in [1.82, 2.24) is 9.97 Å². The van der Waals surface area contributed by atoms with Crippen molar-refractivity contribution in [2.24, 2.45) is 0 Å². The molecule has 0 radical (unpaired) electrons. The Kier molecular flexibility index (Phi) is 10.3. The van der Waals surface area contributed by atoms with Crippen molar-refractivity contribution in [3.63, 3.8) is 0 Å². The fourth-order valence-corrected chi connectivity index (χ4v) is 1.36. The first-order chi connectivity index (χ1) is 6.31. The van der Waals surface area contributed by atoms with Gasteiger partial charge in [-0.3, -0.25) is 0 Å². The van der Waals surface area contributed by atoms with Crippen LogP contribution in [-0.2, 0) is 0 Å². The molecule has 4 heteroatoms. The number of aromatic amines is 1. The predicted molar refractivity (Wildman–Crippen MR) is 65.0 cm³/mol. The highest BCUT2D eigenvalue weighted by molar-refractivity contribution is 9.10. The summed E-state index contributed by atoms with van der Waals surface area (Å²) < 4.78 is 0.780. The lowest BCUT2D eigenvalue weighted by Gasteiger charge is -1.90. The van der Waals surface area contributed by atoms with Crippen molar-refractivity contribution in [2.75, 3.05) is 6.16 Å². The van der Waals surface area contributed by atoms with Crippen LogP contribution in [0.1, 0.15) is 32.6 Å². The molecule has 0 saturated carbocycles. The van der Waals surface area contributed by atoms with Crippen LogP contribution >= 0.6 is 25.2 Å². The third-order valence-electron chi connectivity index (χ3n) is 1.52. The maximum atomic E-state index is 3.78. The Balaban J connectivity index is 0.000000223. The molecule has 1 N–H and O–H groups in total. The Morgan fingerprint density at radius 2 is 2.23 bits per heavy atom. The predicted octanol–water partition coefficient (Wildman–Crippen LogP) is 3.61. The molecule has 0 aliphatic rings. The molecule has 1 atom stereocenters. The Bertz CT molecular complexity index is 174. The van der Waals surface area contributed by atoms with E-state index in [0.29, 0.717) is 0 Å². The van der Waals surface area contributed by atoms with Crippen LogP contribution in [0.4, 0.5) is 0 Å². The second kappa shape index (κ2) is 10.2. The number of H-pyrrole nitrogens is 1. The highest BCUT2D eigenvalue weighted by Gasteiger charge is 1.80. The zero-order valence-electron chi connectivity index (χ0n) is 8.09. The molecule has 76 valence electrons. The lowest BCUT2D eigenvalue weighted by molar-refractivity contribution is 0.706. The molecule has 0 aliphatic carbocycles. The lowest BCUT2D eigenvalue weighted by atomic mass is 10.2. The first kappa shape index (κ1) is 13.1. The van der Waals surface area contributed by atoms with E-state index >= 15 is 0 Å². The summed E-state index contributed by atoms with van der Waals surface area (Å²) in [6.45, 7) is 2.24. The van der Waals surface area contributed by atoms with Crippen molar-refractivity contribution in [3.8, 4) is 0 Å². The average Bonchev–Trinajstić information content (AvgIpc) is 2.58. The summed E-state index contributed by atoms with van der Waals surface area (Å²) in [5.74, 6) is 0. The van der Waals surface area contributed by atoms with Crippen molar-refractivity contribution >= 4 is 25.2 Å². The first-order valence-corrected chi connectivity index (χ1v) is 6.27. The fraction of sp³-hybridized carbons (Fsp3) is 0.667. The highest BCUT2D eigenvalue weighted by atomic mass is 79.9. The minimum Gasteiger partial charge on any atom is -0.339 e. The molecule has 13 heavy (non-hydrogen) atoms. The summed E-state index contributed by atoms with van der Waals surface area (Å²) in [5, 5.41) is 0. The van der Waals surface area contributed by atoms with Gasteiger partial charge in [0.1, 0.15) is 0 Å². The molecule has 1 aromatic heterocycles. The molecule has 0 aromatic carbocycles. The van der Waals surface area contributed by atoms with E-state index in [2.05, 4.69) is 42.1 Å². The van der Waals surface area contributed by atoms with E-state index in [9.17, 15) is 0 Å². The summed E-state index contributed by atoms with van der Waals surface area (Å²) in [4.78, 5) is 6.58. The third-order valence-corrected chi connectivity index (χ3v) is 2.36. The minimum absolute atomic E-state index is 0.780. The SMILES string of the molecule is Brc1ncc[nH]1.CCCCCCP. The number of rotatable bonds is 4. The van der Waals surface area contributed by atoms with Crippen molar-refractivity contribution in [2.45, 2.75) is 32.6 Å². The van der Waals surface area contributed by atoms with Crippen LogP contribution in [0.25, 0.3) is 0 Å². The van der Waals surface area contributed by atoms with Crippen LogP contribution in [-0.4, -0.2) is 16.1 Å². The van der Waals surface area contributed by atoms with Crippen molar-refractivity contribution in [1.29, 1.82) is 0 Å². The number of nitrogens with one attached hydrogen (secondary N) is 1. The summed E-state index contributed by atoms with van der Waals surface area (Å²) in [6.07, 6.45) is 10.3. The number of hydrogen-bond donors (Lipinski definition) is 1. The molecule has 2 nitrogen and oxygen atoms in total. The van der Waals surface area contributed by atoms with Gasteiger partial charge in [0.15, 0.2) is 4.73 Å². The highest BCUT2D eigenvalue weighted by Crippen LogP contribution is 2.00. The largest absolute Gasteiger partial charge is 0.339 e. The van der Waals surface area contributed by atoms with Crippen LogP contribution in [0.5, 0.6) is 0 Å². The number of aromatic nitrogens is 2. The fourth-order valence-electron chi connectivity index (χ4n) is 0.817. The molecular weight excluding hydrogens is 247 g/mol. The molecule has 0 spiro atoms. The molecule has 1 rings (SSSR count). The van der Waals surface area contributed by atoms with Crippen LogP contribution in [0, 0.1) is 0 Å². The van der Waals surface area contributed by atoms with Gasteiger partial charge in [-0.2, -0.15) is 0 Å². The molecular formula is C9H18BrN2P. The first-order valence-electron chi connectivity index (χ1n) is 4.66. The summed E-state index contributed by atoms with van der Waals surface area (Å²) in [7, 11) is 2.75. The Hall–Kier alpha value is 0.120. The minimum atomic E-state index is 0.780. The summed E-state index contributed by atoms with van der Waals surface area (Å²) in [6, 6.07) is 0. The van der Waals surface area contributed by atoms with E-state index in [1.165, 1.54) is 31.8 Å². The second-order valence-corrected chi connectivity index (χ2v) is 4.06. The van der Waals surface area contributed by atoms with Crippen LogP contribution in [0.2, 0.25) is 0 Å². The third kappa shape index (κ3) is 10.0. The zero-order valence-corrected chi connectivity index (χ0v) is 10.8. The van der Waals surface area contributed by atoms with Crippen LogP contribution in [0.3, 0.4) is 0 Å². The van der Waals surface area contributed by atoms with Crippen molar-refractivity contribution < 1.29 is 0 Å². The number of imidazole rings is 1. The van der Waals surface area contributed by atoms with Crippen LogP contribution < -0.4 is 0 Å². The monoisotopic (exact) mass is 264 g/mol. The Morgan fingerprint density at radius 3 is 2.54 bits per heavy atom. The molecule has 0 bridgehead atoms. The molecule has 0 amide bonds. The van der Waals surface area contributed by atoms with Gasteiger partial charge in [-0.05, 0) is 28.5 Å². The van der Waals surface area contributed by atoms with Gasteiger partial charge in [0.05, 0.1) is 0 Å². The van der Waals surface area contributed by atoms with Gasteiger partial charge in [-0.25, -0.2) is 4.98 Å². The molecule has 0 aliphatic heterocycles. The number of hydrogen-bond acceptors (Lipinski definition) is 1. The molecule has 0 saturated heterocycles. The van der Waals surface area contributed by atoms with E-state index in [-0.39, 0.29) is 0 Å². The molecule has 1 unspecified atom stereocenters. The maximum Gasteiger partial charge on any atom is 0.174 e. The van der Waals surface area contributed by atoms with Gasteiger partial charge in [-0.1, -0.05) is 26.2 Å². The standard InChI is InChI=1S/C6H15P.C3H3BrN2/c1-2-3-4-5-6-7;4-3-5-1-2-6-3/h2-7H2,1H3;1-2H,(H,5,6). The van der Waals surface area contributed by atoms with E-state index in [0.717, 1.165) is 4.73 Å². The number of halogens is 1. The molecule has 1 aromatic rings. The molecule has 0 fully saturated rings. The Labute approximate surface area is 91.3 Å². The van der Waals surface area contributed by atoms with Gasteiger partial charge >= 0.3 is 0 Å². The number of nitrogens with zero attached hydrogens (tertiary/aromatic N) is 1. The Morgan fingerprint density at radius 1 is 1.46 bits per heavy atom. The van der Waals surface area contributed by atoms with Gasteiger partial charge < -0.3 is 4.98 Å².